The minimum atomic E-state index is -1.76. The first-order chi connectivity index (χ1) is 25.2. The van der Waals surface area contributed by atoms with E-state index in [-0.39, 0.29) is 39.1 Å². The largest absolute Gasteiger partial charge is 0.504 e. The number of H-pyrrole nitrogens is 1. The summed E-state index contributed by atoms with van der Waals surface area (Å²) in [7, 11) is 0. The second-order valence-electron chi connectivity index (χ2n) is 13.7. The van der Waals surface area contributed by atoms with Crippen molar-refractivity contribution < 1.29 is 43.8 Å². The Balaban J connectivity index is 1.11. The number of phenols is 2. The van der Waals surface area contributed by atoms with Crippen LogP contribution in [0.25, 0.3) is 5.70 Å². The number of fused-ring (bicyclic) bond motifs is 2. The zero-order valence-electron chi connectivity index (χ0n) is 28.4. The summed E-state index contributed by atoms with van der Waals surface area (Å²) in [6, 6.07) is 1.69. The highest BCUT2D eigenvalue weighted by atomic mass is 35.5. The van der Waals surface area contributed by atoms with Crippen molar-refractivity contribution in [3.05, 3.63) is 45.2 Å². The van der Waals surface area contributed by atoms with E-state index in [4.69, 9.17) is 22.2 Å². The number of β-lactam (4-membered cyclic amide) rings is 1. The first kappa shape index (κ1) is 36.4. The number of nitrogens with one attached hydrogen (secondary N) is 2. The molecule has 0 bridgehead atoms. The van der Waals surface area contributed by atoms with Crippen LogP contribution in [-0.4, -0.2) is 146 Å². The number of carboxylic acids is 1. The maximum absolute atomic E-state index is 13.9. The number of hydrogen-bond donors (Lipinski definition) is 6. The van der Waals surface area contributed by atoms with Gasteiger partial charge in [0.15, 0.2) is 28.2 Å². The van der Waals surface area contributed by atoms with Crippen LogP contribution in [0.4, 0.5) is 5.13 Å². The van der Waals surface area contributed by atoms with Gasteiger partial charge in [-0.3, -0.25) is 19.3 Å². The van der Waals surface area contributed by atoms with Crippen molar-refractivity contribution in [2.24, 2.45) is 5.16 Å². The maximum Gasteiger partial charge on any atom is 0.350 e. The normalized spacial score (nSPS) is 24.4. The lowest BCUT2D eigenvalue weighted by Crippen LogP contribution is -2.70. The van der Waals surface area contributed by atoms with Gasteiger partial charge < -0.3 is 40.6 Å². The Morgan fingerprint density at radius 3 is 2.74 bits per heavy atom. The smallest absolute Gasteiger partial charge is 0.350 e. The standard InChI is InChI=1S/C31H34ClN11O8S2/c1-31(2,29(49)50)51-38-20(18-13-53-30(33)34-18)25(46)35-21-27(48)42-22(24-36-39-40-37-24)15(12-52-28(21)42)11-43-6-3-4-16(43)10-41(5-7-43)26(47)14-8-17(32)23(45)19(44)9-14/h8-9,13,16,21,28H,3-7,10-12H2,1-2H3,(H6-,33,34,35,36,37,38,39,40,44,45,46,47,49,50)/p+1/t16-,21+,28+,43?/m0/s1. The van der Waals surface area contributed by atoms with Crippen molar-refractivity contribution in [2.75, 3.05) is 44.2 Å². The molecule has 4 aliphatic rings. The van der Waals surface area contributed by atoms with Gasteiger partial charge in [-0.25, -0.2) is 14.9 Å². The van der Waals surface area contributed by atoms with Gasteiger partial charge in [-0.1, -0.05) is 16.8 Å². The topological polar surface area (TPSA) is 262 Å². The van der Waals surface area contributed by atoms with Gasteiger partial charge in [0.25, 0.3) is 17.7 Å². The summed E-state index contributed by atoms with van der Waals surface area (Å²) in [5.41, 5.74) is 5.40. The number of carbonyl (C=O) groups excluding carboxylic acids is 3. The molecule has 0 saturated carbocycles. The summed E-state index contributed by atoms with van der Waals surface area (Å²) >= 11 is 8.56. The number of carbonyl (C=O) groups is 4. The first-order valence-corrected chi connectivity index (χ1v) is 18.8. The molecule has 19 nitrogen and oxygen atoms in total. The monoisotopic (exact) mass is 788 g/mol. The zero-order chi connectivity index (χ0) is 37.8. The highest BCUT2D eigenvalue weighted by Gasteiger charge is 2.56. The number of nitrogen functional groups attached to an aromatic ring is 1. The van der Waals surface area contributed by atoms with E-state index >= 15 is 0 Å². The summed E-state index contributed by atoms with van der Waals surface area (Å²) in [4.78, 5) is 65.2. The number of quaternary nitrogens is 1. The molecule has 22 heteroatoms. The van der Waals surface area contributed by atoms with E-state index < -0.39 is 46.3 Å². The second-order valence-corrected chi connectivity index (χ2v) is 16.1. The van der Waals surface area contributed by atoms with Crippen LogP contribution in [0.15, 0.2) is 28.2 Å². The number of thioether (sulfide) groups is 1. The third-order valence-corrected chi connectivity index (χ3v) is 12.3. The highest BCUT2D eigenvalue weighted by Crippen LogP contribution is 2.45. The molecule has 0 radical (unpaired) electrons. The van der Waals surface area contributed by atoms with Crippen molar-refractivity contribution in [1.29, 1.82) is 0 Å². The van der Waals surface area contributed by atoms with Gasteiger partial charge in [0, 0.05) is 35.1 Å². The quantitative estimate of drug-likeness (QED) is 0.0547. The summed E-state index contributed by atoms with van der Waals surface area (Å²) < 4.78 is 0.697. The van der Waals surface area contributed by atoms with Gasteiger partial charge in [-0.05, 0) is 36.4 Å². The van der Waals surface area contributed by atoms with Crippen LogP contribution in [0, 0.1) is 0 Å². The third kappa shape index (κ3) is 6.61. The van der Waals surface area contributed by atoms with E-state index in [9.17, 15) is 34.5 Å². The molecule has 280 valence electrons. The number of rotatable bonds is 10. The van der Waals surface area contributed by atoms with E-state index in [2.05, 4.69) is 36.1 Å². The number of thiazole rings is 1. The number of aromatic hydroxyl groups is 2. The number of anilines is 1. The number of hydrogen-bond acceptors (Lipinski definition) is 15. The van der Waals surface area contributed by atoms with Gasteiger partial charge in [-0.2, -0.15) is 0 Å². The fourth-order valence-electron chi connectivity index (χ4n) is 7.17. The molecule has 3 fully saturated rings. The second kappa shape index (κ2) is 13.8. The molecule has 53 heavy (non-hydrogen) atoms. The van der Waals surface area contributed by atoms with Crippen LogP contribution < -0.4 is 11.1 Å². The average Bonchev–Trinajstić information content (AvgIpc) is 3.90. The number of aromatic nitrogens is 5. The van der Waals surface area contributed by atoms with Crippen molar-refractivity contribution >= 4 is 74.9 Å². The van der Waals surface area contributed by atoms with Gasteiger partial charge in [0.2, 0.25) is 5.60 Å². The zero-order valence-corrected chi connectivity index (χ0v) is 30.7. The molecular formula is C31H35ClN11O8S2+. The lowest BCUT2D eigenvalue weighted by atomic mass is 10.00. The number of halogens is 1. The highest BCUT2D eigenvalue weighted by molar-refractivity contribution is 8.00. The van der Waals surface area contributed by atoms with Gasteiger partial charge >= 0.3 is 5.97 Å². The van der Waals surface area contributed by atoms with E-state index in [0.717, 1.165) is 36.3 Å². The van der Waals surface area contributed by atoms with E-state index in [1.54, 1.807) is 9.80 Å². The molecule has 4 atom stereocenters. The number of nitrogens with two attached hydrogens (primary N) is 1. The number of benzene rings is 1. The molecule has 7 rings (SSSR count). The average molecular weight is 789 g/mol. The molecule has 1 aromatic carbocycles. The number of piperazine rings is 1. The number of aromatic amines is 1. The van der Waals surface area contributed by atoms with Crippen LogP contribution in [0.2, 0.25) is 5.02 Å². The maximum atomic E-state index is 13.9. The summed E-state index contributed by atoms with van der Waals surface area (Å²) in [6.07, 6.45) is 1.83. The molecule has 4 aliphatic heterocycles. The molecule has 7 N–H and O–H groups in total. The third-order valence-electron chi connectivity index (χ3n) is 10.0. The number of oxime groups is 1. The number of amides is 3. The molecular weight excluding hydrogens is 754 g/mol. The summed E-state index contributed by atoms with van der Waals surface area (Å²) in [6.45, 7) is 5.55. The van der Waals surface area contributed by atoms with Crippen molar-refractivity contribution in [3.63, 3.8) is 0 Å². The van der Waals surface area contributed by atoms with E-state index in [0.29, 0.717) is 47.9 Å². The predicted molar refractivity (Wildman–Crippen MR) is 191 cm³/mol. The molecule has 1 unspecified atom stereocenters. The summed E-state index contributed by atoms with van der Waals surface area (Å²) in [5.74, 6) is -2.95. The van der Waals surface area contributed by atoms with Crippen LogP contribution in [0.5, 0.6) is 11.5 Å². The van der Waals surface area contributed by atoms with Crippen LogP contribution in [0.1, 0.15) is 48.6 Å². The number of tetrazole rings is 1. The number of carboxylic acid groups (broad SMARTS) is 1. The molecule has 2 aromatic heterocycles. The van der Waals surface area contributed by atoms with Crippen LogP contribution >= 0.6 is 34.7 Å². The Kier molecular flexibility index (Phi) is 9.45. The van der Waals surface area contributed by atoms with Gasteiger partial charge in [-0.15, -0.1) is 28.2 Å². The summed E-state index contributed by atoms with van der Waals surface area (Å²) in [5, 5.41) is 51.4. The lowest BCUT2D eigenvalue weighted by molar-refractivity contribution is -0.938. The van der Waals surface area contributed by atoms with Crippen molar-refractivity contribution in [3.8, 4) is 11.5 Å². The Morgan fingerprint density at radius 2 is 2.06 bits per heavy atom. The molecule has 6 heterocycles. The van der Waals surface area contributed by atoms with Crippen LogP contribution in [-0.2, 0) is 19.2 Å². The van der Waals surface area contributed by atoms with E-state index in [1.807, 2.05) is 0 Å². The molecule has 0 aliphatic carbocycles. The SMILES string of the molecule is CC(C)(O/N=C(\C(=O)N[C@@H]1C(=O)N2C(c3nnn[nH]3)=C(C[N+]34CCC[C@H]3CN(C(=O)c3cc(O)c(O)c(Cl)c3)CC4)CS[C@H]12)c1csc(N)n1)C(=O)O. The molecule has 3 aromatic rings. The Hall–Kier alpha value is -4.99. The lowest BCUT2D eigenvalue weighted by Gasteiger charge is -2.52. The van der Waals surface area contributed by atoms with E-state index in [1.165, 1.54) is 43.1 Å². The molecule has 3 amide bonds. The minimum Gasteiger partial charge on any atom is -0.504 e. The number of nitrogens with zero attached hydrogens (tertiary/aromatic N) is 8. The number of aliphatic carboxylic acids is 1. The minimum absolute atomic E-state index is 0.0580. The van der Waals surface area contributed by atoms with Crippen LogP contribution in [0.3, 0.4) is 0 Å². The fraction of sp³-hybridized carbons (Fsp3) is 0.452. The van der Waals surface area contributed by atoms with Crippen molar-refractivity contribution in [2.45, 2.75) is 49.7 Å². The fourth-order valence-corrected chi connectivity index (χ4v) is 9.26. The first-order valence-electron chi connectivity index (χ1n) is 16.5. The predicted octanol–water partition coefficient (Wildman–Crippen LogP) is 0.833. The van der Waals surface area contributed by atoms with Crippen molar-refractivity contribution in [1.82, 2.24) is 40.7 Å². The Labute approximate surface area is 314 Å². The molecule has 0 spiro atoms. The Bertz CT molecular complexity index is 2030. The Morgan fingerprint density at radius 1 is 1.26 bits per heavy atom. The van der Waals surface area contributed by atoms with Gasteiger partial charge in [0.05, 0.1) is 36.9 Å². The van der Waals surface area contributed by atoms with Gasteiger partial charge in [0.1, 0.15) is 29.7 Å². The number of phenolic OH excluding ortho intramolecular Hbond substituents is 2. The molecule has 3 saturated heterocycles.